The van der Waals surface area contributed by atoms with E-state index in [4.69, 9.17) is 18.3 Å². The van der Waals surface area contributed by atoms with Gasteiger partial charge in [-0.2, -0.15) is 0 Å². The molecule has 1 aromatic carbocycles. The normalized spacial score (nSPS) is 22.2. The minimum atomic E-state index is -1.97. The number of hydrogen-bond donors (Lipinski definition) is 2. The third-order valence-electron chi connectivity index (χ3n) is 5.24. The highest BCUT2D eigenvalue weighted by Gasteiger charge is 2.42. The van der Waals surface area contributed by atoms with Crippen molar-refractivity contribution in [2.45, 2.75) is 90.2 Å². The highest BCUT2D eigenvalue weighted by molar-refractivity contribution is 7.41. The van der Waals surface area contributed by atoms with Crippen LogP contribution in [0.5, 0.6) is 0 Å². The van der Waals surface area contributed by atoms with Crippen LogP contribution in [0.4, 0.5) is 4.79 Å². The van der Waals surface area contributed by atoms with Crippen LogP contribution in [-0.4, -0.2) is 52.8 Å². The van der Waals surface area contributed by atoms with Crippen LogP contribution in [0, 0.1) is 0 Å². The number of nitrogens with one attached hydrogen (secondary N) is 1. The molecule has 10 heteroatoms. The summed E-state index contributed by atoms with van der Waals surface area (Å²) in [6, 6.07) is 9.57. The number of nitrogens with zero attached hydrogens (tertiary/aromatic N) is 1. The van der Waals surface area contributed by atoms with Gasteiger partial charge in [0.15, 0.2) is 5.79 Å². The lowest BCUT2D eigenvalue weighted by molar-refractivity contribution is -0.125. The average Bonchev–Trinajstić information content (AvgIpc) is 2.72. The van der Waals surface area contributed by atoms with Gasteiger partial charge in [0, 0.05) is 6.54 Å². The molecule has 3 atom stereocenters. The summed E-state index contributed by atoms with van der Waals surface area (Å²) < 4.78 is 22.2. The Morgan fingerprint density at radius 3 is 2.47 bits per heavy atom. The van der Waals surface area contributed by atoms with E-state index >= 15 is 0 Å². The molecule has 1 aromatic rings. The van der Waals surface area contributed by atoms with Crippen LogP contribution in [0.15, 0.2) is 30.3 Å². The smallest absolute Gasteiger partial charge is 0.412 e. The van der Waals surface area contributed by atoms with Gasteiger partial charge >= 0.3 is 14.7 Å². The Hall–Kier alpha value is -1.77. The quantitative estimate of drug-likeness (QED) is 0.251. The number of ether oxygens (including phenoxy) is 1. The fourth-order valence-electron chi connectivity index (χ4n) is 3.98. The van der Waals surface area contributed by atoms with Crippen molar-refractivity contribution in [1.29, 1.82) is 0 Å². The Bertz CT molecular complexity index is 766. The second-order valence-corrected chi connectivity index (χ2v) is 11.1. The molecule has 3 unspecified atom stereocenters. The number of carbonyl (C=O) groups is 2. The second kappa shape index (κ2) is 12.3. The van der Waals surface area contributed by atoms with Gasteiger partial charge in [0.25, 0.3) is 0 Å². The zero-order chi connectivity index (χ0) is 25.4. The zero-order valence-electron chi connectivity index (χ0n) is 21.1. The van der Waals surface area contributed by atoms with Crippen molar-refractivity contribution in [1.82, 2.24) is 10.2 Å². The fraction of sp³-hybridized carbons (Fsp3) is 0.667. The number of aliphatic hydroxyl groups is 1. The summed E-state index contributed by atoms with van der Waals surface area (Å²) in [5, 5.41) is 13.0. The summed E-state index contributed by atoms with van der Waals surface area (Å²) in [5.41, 5.74) is -0.0969. The molecule has 1 saturated heterocycles. The van der Waals surface area contributed by atoms with E-state index < -0.39 is 38.4 Å². The predicted molar refractivity (Wildman–Crippen MR) is 130 cm³/mol. The van der Waals surface area contributed by atoms with Crippen LogP contribution in [-0.2, 0) is 23.1 Å². The number of rotatable bonds is 11. The first kappa shape index (κ1) is 28.5. The van der Waals surface area contributed by atoms with Gasteiger partial charge in [-0.25, -0.2) is 4.79 Å². The minimum absolute atomic E-state index is 0.188. The fourth-order valence-corrected chi connectivity index (χ4v) is 5.07. The SMILES string of the molecule is CCCC1(NC=O)CCC(c2ccccc2)N(C(=O)OCOP(OC(C)(C)C)OC(C)(C)O)C1. The average molecular weight is 499 g/mol. The van der Waals surface area contributed by atoms with Crippen molar-refractivity contribution >= 4 is 21.1 Å². The van der Waals surface area contributed by atoms with Gasteiger partial charge in [-0.3, -0.25) is 18.7 Å². The lowest BCUT2D eigenvalue weighted by Gasteiger charge is -2.46. The molecule has 1 aliphatic heterocycles. The van der Waals surface area contributed by atoms with Crippen molar-refractivity contribution in [3.63, 3.8) is 0 Å². The van der Waals surface area contributed by atoms with Gasteiger partial charge in [0.05, 0.1) is 17.2 Å². The van der Waals surface area contributed by atoms with Gasteiger partial charge in [-0.1, -0.05) is 43.7 Å². The Morgan fingerprint density at radius 1 is 1.24 bits per heavy atom. The van der Waals surface area contributed by atoms with Crippen LogP contribution in [0.25, 0.3) is 0 Å². The molecule has 0 aliphatic carbocycles. The minimum Gasteiger partial charge on any atom is -0.422 e. The zero-order valence-corrected chi connectivity index (χ0v) is 22.0. The summed E-state index contributed by atoms with van der Waals surface area (Å²) >= 11 is 0. The molecule has 2 N–H and O–H groups in total. The van der Waals surface area contributed by atoms with Crippen LogP contribution in [0.2, 0.25) is 0 Å². The lowest BCUT2D eigenvalue weighted by Crippen LogP contribution is -2.58. The summed E-state index contributed by atoms with van der Waals surface area (Å²) in [7, 11) is -1.97. The lowest BCUT2D eigenvalue weighted by atomic mass is 9.80. The molecule has 0 spiro atoms. The number of piperidine rings is 1. The Labute approximate surface area is 204 Å². The maximum absolute atomic E-state index is 13.2. The van der Waals surface area contributed by atoms with E-state index in [0.717, 1.165) is 24.8 Å². The van der Waals surface area contributed by atoms with E-state index in [-0.39, 0.29) is 6.04 Å². The largest absolute Gasteiger partial charge is 0.422 e. The van der Waals surface area contributed by atoms with Crippen molar-refractivity contribution in [2.75, 3.05) is 13.3 Å². The van der Waals surface area contributed by atoms with Gasteiger partial charge in [-0.15, -0.1) is 0 Å². The molecule has 1 heterocycles. The molecule has 0 bridgehead atoms. The standard InChI is InChI=1S/C24H39N2O7P/c1-7-14-24(25-17-27)15-13-20(19-11-9-8-10-12-19)26(16-24)21(28)30-18-31-34(32-22(2,3)4)33-23(5,6)29/h8-12,17,20,29H,7,13-16,18H2,1-6H3,(H,25,27). The molecule has 1 fully saturated rings. The molecular weight excluding hydrogens is 459 g/mol. The van der Waals surface area contributed by atoms with E-state index in [0.29, 0.717) is 19.4 Å². The molecule has 0 saturated carbocycles. The van der Waals surface area contributed by atoms with Crippen molar-refractivity contribution in [2.24, 2.45) is 0 Å². The third kappa shape index (κ3) is 9.12. The highest BCUT2D eigenvalue weighted by Crippen LogP contribution is 2.47. The van der Waals surface area contributed by atoms with Crippen LogP contribution in [0.1, 0.15) is 78.8 Å². The maximum atomic E-state index is 13.2. The van der Waals surface area contributed by atoms with E-state index in [9.17, 15) is 14.7 Å². The first-order chi connectivity index (χ1) is 15.9. The molecule has 0 aromatic heterocycles. The van der Waals surface area contributed by atoms with E-state index in [1.54, 1.807) is 4.90 Å². The molecule has 9 nitrogen and oxygen atoms in total. The molecule has 192 valence electrons. The summed E-state index contributed by atoms with van der Waals surface area (Å²) in [5.74, 6) is -1.48. The Balaban J connectivity index is 2.14. The molecule has 0 radical (unpaired) electrons. The third-order valence-corrected chi connectivity index (χ3v) is 6.85. The summed E-state index contributed by atoms with van der Waals surface area (Å²) in [6.45, 7) is 10.4. The number of benzene rings is 1. The van der Waals surface area contributed by atoms with E-state index in [1.807, 2.05) is 58.0 Å². The topological polar surface area (TPSA) is 107 Å². The summed E-state index contributed by atoms with van der Waals surface area (Å²) in [6.07, 6.45) is 3.20. The van der Waals surface area contributed by atoms with Gasteiger partial charge in [0.1, 0.15) is 0 Å². The Morgan fingerprint density at radius 2 is 1.91 bits per heavy atom. The number of carbonyl (C=O) groups excluding carboxylic acids is 2. The maximum Gasteiger partial charge on any atom is 0.412 e. The first-order valence-electron chi connectivity index (χ1n) is 11.6. The van der Waals surface area contributed by atoms with Crippen molar-refractivity contribution < 1.29 is 33.0 Å². The Kier molecular flexibility index (Phi) is 10.3. The van der Waals surface area contributed by atoms with Crippen molar-refractivity contribution in [3.8, 4) is 0 Å². The number of likely N-dealkylation sites (tertiary alicyclic amines) is 1. The van der Waals surface area contributed by atoms with E-state index in [2.05, 4.69) is 5.32 Å². The second-order valence-electron chi connectivity index (χ2n) is 10.0. The van der Waals surface area contributed by atoms with Gasteiger partial charge in [0.2, 0.25) is 13.2 Å². The molecule has 2 rings (SSSR count). The number of amides is 2. The molecular formula is C24H39N2O7P. The molecule has 34 heavy (non-hydrogen) atoms. The van der Waals surface area contributed by atoms with Crippen LogP contribution >= 0.6 is 8.60 Å². The van der Waals surface area contributed by atoms with Crippen LogP contribution < -0.4 is 5.32 Å². The van der Waals surface area contributed by atoms with Crippen LogP contribution in [0.3, 0.4) is 0 Å². The van der Waals surface area contributed by atoms with Gasteiger partial charge in [-0.05, 0) is 59.4 Å². The number of hydrogen-bond acceptors (Lipinski definition) is 7. The highest BCUT2D eigenvalue weighted by atomic mass is 31.2. The van der Waals surface area contributed by atoms with E-state index in [1.165, 1.54) is 13.8 Å². The summed E-state index contributed by atoms with van der Waals surface area (Å²) in [4.78, 5) is 26.2. The van der Waals surface area contributed by atoms with Gasteiger partial charge < -0.3 is 19.7 Å². The molecule has 2 amide bonds. The first-order valence-corrected chi connectivity index (χ1v) is 12.7. The van der Waals surface area contributed by atoms with Crippen molar-refractivity contribution in [3.05, 3.63) is 35.9 Å². The molecule has 1 aliphatic rings. The monoisotopic (exact) mass is 498 g/mol. The predicted octanol–water partition coefficient (Wildman–Crippen LogP) is 5.01.